The largest absolute Gasteiger partial charge is 0.389 e. The number of rotatable bonds is 3. The van der Waals surface area contributed by atoms with Crippen molar-refractivity contribution >= 4 is 29.5 Å². The zero-order valence-corrected chi connectivity index (χ0v) is 8.41. The Morgan fingerprint density at radius 2 is 1.93 bits per heavy atom. The standard InChI is InChI=1S/C8H6ClF2NOS/c9-8(10,11)14-12-7(13)6-4-2-1-3-5-6/h1-5H,(H,12,13). The average molecular weight is 238 g/mol. The molecule has 76 valence electrons. The van der Waals surface area contributed by atoms with Crippen molar-refractivity contribution in [1.82, 2.24) is 4.72 Å². The van der Waals surface area contributed by atoms with Crippen LogP contribution in [0.25, 0.3) is 0 Å². The van der Waals surface area contributed by atoms with Crippen LogP contribution >= 0.6 is 23.5 Å². The molecule has 0 aromatic heterocycles. The highest BCUT2D eigenvalue weighted by Gasteiger charge is 2.27. The van der Waals surface area contributed by atoms with Crippen molar-refractivity contribution in [2.24, 2.45) is 0 Å². The van der Waals surface area contributed by atoms with Crippen molar-refractivity contribution < 1.29 is 13.6 Å². The summed E-state index contributed by atoms with van der Waals surface area (Å²) in [6.07, 6.45) is 0. The maximum atomic E-state index is 12.1. The van der Waals surface area contributed by atoms with E-state index in [-0.39, 0.29) is 11.9 Å². The third-order valence-corrected chi connectivity index (χ3v) is 2.05. The van der Waals surface area contributed by atoms with Gasteiger partial charge in [-0.3, -0.25) is 9.52 Å². The molecule has 0 heterocycles. The van der Waals surface area contributed by atoms with Crippen LogP contribution in [0, 0.1) is 0 Å². The van der Waals surface area contributed by atoms with E-state index < -0.39 is 10.6 Å². The molecule has 6 heteroatoms. The number of amides is 1. The normalized spacial score (nSPS) is 11.1. The van der Waals surface area contributed by atoms with E-state index in [0.29, 0.717) is 5.56 Å². The van der Waals surface area contributed by atoms with Gasteiger partial charge in [0.25, 0.3) is 5.91 Å². The van der Waals surface area contributed by atoms with Crippen molar-refractivity contribution in [1.29, 1.82) is 0 Å². The topological polar surface area (TPSA) is 29.1 Å². The zero-order chi connectivity index (χ0) is 10.6. The summed E-state index contributed by atoms with van der Waals surface area (Å²) >= 11 is 4.45. The van der Waals surface area contributed by atoms with E-state index >= 15 is 0 Å². The van der Waals surface area contributed by atoms with E-state index in [1.54, 1.807) is 18.2 Å². The number of hydrogen-bond acceptors (Lipinski definition) is 2. The molecule has 0 unspecified atom stereocenters. The molecule has 0 radical (unpaired) electrons. The predicted molar refractivity (Wildman–Crippen MR) is 52.3 cm³/mol. The van der Waals surface area contributed by atoms with E-state index in [2.05, 4.69) is 11.6 Å². The van der Waals surface area contributed by atoms with Crippen LogP contribution in [0.15, 0.2) is 30.3 Å². The summed E-state index contributed by atoms with van der Waals surface area (Å²) in [5, 5.41) is 0. The summed E-state index contributed by atoms with van der Waals surface area (Å²) in [5.74, 6) is -0.601. The third kappa shape index (κ3) is 3.93. The molecular weight excluding hydrogens is 232 g/mol. The van der Waals surface area contributed by atoms with Crippen LogP contribution in [0.1, 0.15) is 10.4 Å². The van der Waals surface area contributed by atoms with Gasteiger partial charge in [0.2, 0.25) is 0 Å². The highest BCUT2D eigenvalue weighted by molar-refractivity contribution is 8.00. The highest BCUT2D eigenvalue weighted by Crippen LogP contribution is 2.30. The van der Waals surface area contributed by atoms with E-state index in [9.17, 15) is 13.6 Å². The van der Waals surface area contributed by atoms with Gasteiger partial charge in [-0.15, -0.1) is 0 Å². The Kier molecular flexibility index (Phi) is 3.71. The number of carbonyl (C=O) groups is 1. The Morgan fingerprint density at radius 3 is 2.43 bits per heavy atom. The van der Waals surface area contributed by atoms with E-state index in [1.165, 1.54) is 12.1 Å². The SMILES string of the molecule is O=C(NSC(F)(F)Cl)c1ccccc1. The van der Waals surface area contributed by atoms with E-state index in [4.69, 9.17) is 0 Å². The highest BCUT2D eigenvalue weighted by atomic mass is 35.5. The molecule has 1 aromatic rings. The molecule has 1 aromatic carbocycles. The maximum absolute atomic E-state index is 12.1. The number of nitrogens with one attached hydrogen (secondary N) is 1. The third-order valence-electron chi connectivity index (χ3n) is 1.30. The molecule has 0 bridgehead atoms. The fourth-order valence-electron chi connectivity index (χ4n) is 0.753. The van der Waals surface area contributed by atoms with Gasteiger partial charge in [0.15, 0.2) is 0 Å². The molecule has 0 spiro atoms. The summed E-state index contributed by atoms with van der Waals surface area (Å²) in [6, 6.07) is 8.03. The first-order valence-electron chi connectivity index (χ1n) is 3.59. The molecule has 1 rings (SSSR count). The van der Waals surface area contributed by atoms with Crippen molar-refractivity contribution in [2.45, 2.75) is 4.71 Å². The molecule has 0 aliphatic heterocycles. The van der Waals surface area contributed by atoms with Crippen molar-refractivity contribution in [3.63, 3.8) is 0 Å². The number of carbonyl (C=O) groups excluding carboxylic acids is 1. The van der Waals surface area contributed by atoms with Crippen LogP contribution in [-0.4, -0.2) is 10.6 Å². The van der Waals surface area contributed by atoms with Crippen molar-refractivity contribution in [3.8, 4) is 0 Å². The molecule has 2 nitrogen and oxygen atoms in total. The van der Waals surface area contributed by atoms with Gasteiger partial charge in [-0.25, -0.2) is 0 Å². The van der Waals surface area contributed by atoms with Gasteiger partial charge >= 0.3 is 4.71 Å². The predicted octanol–water partition coefficient (Wildman–Crippen LogP) is 2.85. The molecule has 0 aliphatic rings. The number of benzene rings is 1. The lowest BCUT2D eigenvalue weighted by Crippen LogP contribution is -2.20. The first-order chi connectivity index (χ1) is 6.49. The Balaban J connectivity index is 2.52. The lowest BCUT2D eigenvalue weighted by molar-refractivity contribution is 0.0980. The zero-order valence-electron chi connectivity index (χ0n) is 6.84. The Hall–Kier alpha value is -0.810. The molecule has 1 N–H and O–H groups in total. The fourth-order valence-corrected chi connectivity index (χ4v) is 1.19. The molecule has 0 fully saturated rings. The summed E-state index contributed by atoms with van der Waals surface area (Å²) in [4.78, 5) is 11.2. The fraction of sp³-hybridized carbons (Fsp3) is 0.125. The second-order valence-electron chi connectivity index (χ2n) is 2.35. The Labute approximate surface area is 88.8 Å². The molecule has 0 saturated carbocycles. The van der Waals surface area contributed by atoms with Gasteiger partial charge in [-0.05, 0) is 23.7 Å². The van der Waals surface area contributed by atoms with Crippen molar-refractivity contribution in [2.75, 3.05) is 0 Å². The lowest BCUT2D eigenvalue weighted by atomic mass is 10.2. The second-order valence-corrected chi connectivity index (χ2v) is 3.96. The van der Waals surface area contributed by atoms with Crippen LogP contribution in [0.2, 0.25) is 0 Å². The quantitative estimate of drug-likeness (QED) is 0.647. The monoisotopic (exact) mass is 237 g/mol. The molecule has 14 heavy (non-hydrogen) atoms. The summed E-state index contributed by atoms with van der Waals surface area (Å²) in [6.45, 7) is 0. The summed E-state index contributed by atoms with van der Waals surface area (Å²) in [5.41, 5.74) is 0.306. The molecule has 1 amide bonds. The molecular formula is C8H6ClF2NOS. The van der Waals surface area contributed by atoms with Gasteiger partial charge in [-0.2, -0.15) is 8.78 Å². The van der Waals surface area contributed by atoms with E-state index in [1.807, 2.05) is 4.72 Å². The van der Waals surface area contributed by atoms with Gasteiger partial charge in [0.05, 0.1) is 0 Å². The number of hydrogen-bond donors (Lipinski definition) is 1. The first kappa shape index (κ1) is 11.3. The first-order valence-corrected chi connectivity index (χ1v) is 4.78. The minimum Gasteiger partial charge on any atom is -0.290 e. The number of alkyl halides is 3. The van der Waals surface area contributed by atoms with Gasteiger partial charge in [0.1, 0.15) is 0 Å². The lowest BCUT2D eigenvalue weighted by Gasteiger charge is -2.07. The molecule has 0 atom stereocenters. The minimum atomic E-state index is -3.48. The number of halogens is 3. The second kappa shape index (κ2) is 4.61. The molecule has 0 saturated heterocycles. The molecule has 0 aliphatic carbocycles. The van der Waals surface area contributed by atoms with Crippen LogP contribution in [0.3, 0.4) is 0 Å². The average Bonchev–Trinajstić information content (AvgIpc) is 2.14. The van der Waals surface area contributed by atoms with Crippen molar-refractivity contribution in [3.05, 3.63) is 35.9 Å². The van der Waals surface area contributed by atoms with Gasteiger partial charge in [-0.1, -0.05) is 18.2 Å². The minimum absolute atomic E-state index is 0.131. The Morgan fingerprint density at radius 1 is 1.36 bits per heavy atom. The summed E-state index contributed by atoms with van der Waals surface area (Å²) < 4.78 is 22.7. The maximum Gasteiger partial charge on any atom is 0.389 e. The van der Waals surface area contributed by atoms with Crippen LogP contribution < -0.4 is 4.72 Å². The smallest absolute Gasteiger partial charge is 0.290 e. The summed E-state index contributed by atoms with van der Waals surface area (Å²) in [7, 11) is 0. The Bertz CT molecular complexity index is 315. The van der Waals surface area contributed by atoms with Gasteiger partial charge < -0.3 is 0 Å². The van der Waals surface area contributed by atoms with Crippen LogP contribution in [0.5, 0.6) is 0 Å². The van der Waals surface area contributed by atoms with Crippen LogP contribution in [0.4, 0.5) is 8.78 Å². The van der Waals surface area contributed by atoms with Gasteiger partial charge in [0, 0.05) is 17.5 Å². The van der Waals surface area contributed by atoms with E-state index in [0.717, 1.165) is 0 Å². The van der Waals surface area contributed by atoms with Crippen LogP contribution in [-0.2, 0) is 0 Å².